The lowest BCUT2D eigenvalue weighted by Gasteiger charge is -2.36. The summed E-state index contributed by atoms with van der Waals surface area (Å²) in [7, 11) is 0.799. The fourth-order valence-corrected chi connectivity index (χ4v) is 5.21. The molecule has 0 radical (unpaired) electrons. The number of guanidine groups is 1. The van der Waals surface area contributed by atoms with Crippen molar-refractivity contribution in [1.82, 2.24) is 15.1 Å². The topological polar surface area (TPSA) is 57.2 Å². The van der Waals surface area contributed by atoms with E-state index in [0.717, 1.165) is 43.6 Å². The van der Waals surface area contributed by atoms with Gasteiger partial charge in [-0.25, -0.2) is 0 Å². The third-order valence-corrected chi connectivity index (χ3v) is 7.11. The lowest BCUT2D eigenvalue weighted by Crippen LogP contribution is -2.50. The standard InChI is InChI=1S/C23H30N4O2S/c1-24-23(25-12-15-30(28)20-10-6-3-7-11-20)27-17-21-22(18-27)29-14-13-26(21)16-19-8-4-2-5-9-19/h2-11,21-22H,12-18H2,1H3,(H,24,25). The van der Waals surface area contributed by atoms with Crippen LogP contribution in [-0.4, -0.2) is 77.7 Å². The molecule has 0 aliphatic carbocycles. The largest absolute Gasteiger partial charge is 0.373 e. The van der Waals surface area contributed by atoms with Gasteiger partial charge in [0.15, 0.2) is 5.96 Å². The Morgan fingerprint density at radius 2 is 1.87 bits per heavy atom. The number of fused-ring (bicyclic) bond motifs is 1. The van der Waals surface area contributed by atoms with E-state index in [1.807, 2.05) is 30.3 Å². The van der Waals surface area contributed by atoms with Crippen LogP contribution >= 0.6 is 0 Å². The van der Waals surface area contributed by atoms with Crippen LogP contribution in [0.4, 0.5) is 0 Å². The lowest BCUT2D eigenvalue weighted by atomic mass is 10.1. The van der Waals surface area contributed by atoms with Gasteiger partial charge in [0.25, 0.3) is 0 Å². The van der Waals surface area contributed by atoms with Crippen LogP contribution in [-0.2, 0) is 22.1 Å². The zero-order valence-electron chi connectivity index (χ0n) is 17.4. The van der Waals surface area contributed by atoms with Crippen LogP contribution in [0.1, 0.15) is 5.56 Å². The summed E-state index contributed by atoms with van der Waals surface area (Å²) in [5.74, 6) is 1.41. The Morgan fingerprint density at radius 1 is 1.13 bits per heavy atom. The number of benzene rings is 2. The van der Waals surface area contributed by atoms with E-state index in [-0.39, 0.29) is 6.10 Å². The van der Waals surface area contributed by atoms with Crippen LogP contribution < -0.4 is 5.32 Å². The van der Waals surface area contributed by atoms with Gasteiger partial charge in [-0.1, -0.05) is 48.5 Å². The Kier molecular flexibility index (Phi) is 7.15. The fourth-order valence-electron chi connectivity index (χ4n) is 4.22. The highest BCUT2D eigenvalue weighted by Gasteiger charge is 2.41. The van der Waals surface area contributed by atoms with Gasteiger partial charge in [-0.2, -0.15) is 0 Å². The number of likely N-dealkylation sites (tertiary alicyclic amines) is 1. The van der Waals surface area contributed by atoms with Crippen molar-refractivity contribution in [3.8, 4) is 0 Å². The number of hydrogen-bond donors (Lipinski definition) is 1. The van der Waals surface area contributed by atoms with Gasteiger partial charge in [0.2, 0.25) is 0 Å². The van der Waals surface area contributed by atoms with E-state index < -0.39 is 10.8 Å². The van der Waals surface area contributed by atoms with E-state index in [9.17, 15) is 4.21 Å². The highest BCUT2D eigenvalue weighted by atomic mass is 32.2. The van der Waals surface area contributed by atoms with Crippen molar-refractivity contribution in [2.24, 2.45) is 4.99 Å². The zero-order chi connectivity index (χ0) is 20.8. The summed E-state index contributed by atoms with van der Waals surface area (Å²) in [6, 6.07) is 20.6. The predicted molar refractivity (Wildman–Crippen MR) is 121 cm³/mol. The molecule has 2 aromatic carbocycles. The smallest absolute Gasteiger partial charge is 0.193 e. The van der Waals surface area contributed by atoms with Crippen molar-refractivity contribution < 1.29 is 8.95 Å². The first-order valence-electron chi connectivity index (χ1n) is 10.5. The van der Waals surface area contributed by atoms with Gasteiger partial charge in [-0.05, 0) is 17.7 Å². The number of aliphatic imine (C=N–C) groups is 1. The molecule has 2 aliphatic heterocycles. The van der Waals surface area contributed by atoms with Crippen LogP contribution in [0, 0.1) is 0 Å². The predicted octanol–water partition coefficient (Wildman–Crippen LogP) is 1.95. The minimum atomic E-state index is -1.01. The van der Waals surface area contributed by atoms with Crippen LogP contribution in [0.5, 0.6) is 0 Å². The van der Waals surface area contributed by atoms with E-state index in [0.29, 0.717) is 18.3 Å². The molecule has 2 heterocycles. The molecule has 4 rings (SSSR count). The van der Waals surface area contributed by atoms with E-state index in [4.69, 9.17) is 4.74 Å². The van der Waals surface area contributed by atoms with Gasteiger partial charge in [-0.3, -0.25) is 14.1 Å². The minimum absolute atomic E-state index is 0.194. The Bertz CT molecular complexity index is 862. The molecule has 160 valence electrons. The quantitative estimate of drug-likeness (QED) is 0.565. The first-order chi connectivity index (χ1) is 14.7. The van der Waals surface area contributed by atoms with Gasteiger partial charge in [0.1, 0.15) is 0 Å². The molecule has 0 saturated carbocycles. The summed E-state index contributed by atoms with van der Waals surface area (Å²) in [5.41, 5.74) is 1.34. The summed E-state index contributed by atoms with van der Waals surface area (Å²) in [6.07, 6.45) is 0.194. The normalized spacial score (nSPS) is 23.2. The lowest BCUT2D eigenvalue weighted by molar-refractivity contribution is -0.0502. The molecule has 0 aromatic heterocycles. The molecule has 0 amide bonds. The molecular weight excluding hydrogens is 396 g/mol. The average Bonchev–Trinajstić information content (AvgIpc) is 3.23. The van der Waals surface area contributed by atoms with Gasteiger partial charge in [-0.15, -0.1) is 0 Å². The summed E-state index contributed by atoms with van der Waals surface area (Å²) >= 11 is 0. The van der Waals surface area contributed by atoms with Gasteiger partial charge < -0.3 is 15.0 Å². The Hall–Kier alpha value is -2.22. The molecule has 2 fully saturated rings. The van der Waals surface area contributed by atoms with Gasteiger partial charge >= 0.3 is 0 Å². The fraction of sp³-hybridized carbons (Fsp3) is 0.435. The molecule has 1 N–H and O–H groups in total. The third-order valence-electron chi connectivity index (χ3n) is 5.73. The molecule has 2 saturated heterocycles. The molecule has 7 heteroatoms. The maximum absolute atomic E-state index is 12.4. The Balaban J connectivity index is 1.32. The molecule has 2 aromatic rings. The highest BCUT2D eigenvalue weighted by molar-refractivity contribution is 7.85. The van der Waals surface area contributed by atoms with Crippen LogP contribution in [0.3, 0.4) is 0 Å². The molecule has 30 heavy (non-hydrogen) atoms. The van der Waals surface area contributed by atoms with Gasteiger partial charge in [0, 0.05) is 50.4 Å². The number of rotatable bonds is 6. The third kappa shape index (κ3) is 5.09. The van der Waals surface area contributed by atoms with Crippen LogP contribution in [0.15, 0.2) is 70.6 Å². The summed E-state index contributed by atoms with van der Waals surface area (Å²) in [6.45, 7) is 5.00. The minimum Gasteiger partial charge on any atom is -0.373 e. The molecule has 6 nitrogen and oxygen atoms in total. The second-order valence-corrected chi connectivity index (χ2v) is 9.25. The van der Waals surface area contributed by atoms with Crippen LogP contribution in [0.25, 0.3) is 0 Å². The van der Waals surface area contributed by atoms with Crippen molar-refractivity contribution in [3.63, 3.8) is 0 Å². The molecular formula is C23H30N4O2S. The summed E-state index contributed by atoms with van der Waals surface area (Å²) < 4.78 is 18.5. The number of hydrogen-bond acceptors (Lipinski definition) is 4. The van der Waals surface area contributed by atoms with Crippen molar-refractivity contribution in [1.29, 1.82) is 0 Å². The second-order valence-electron chi connectivity index (χ2n) is 7.67. The van der Waals surface area contributed by atoms with Gasteiger partial charge in [0.05, 0.1) is 29.6 Å². The summed E-state index contributed by atoms with van der Waals surface area (Å²) in [4.78, 5) is 10.1. The van der Waals surface area contributed by atoms with E-state index in [1.165, 1.54) is 5.56 Å². The van der Waals surface area contributed by atoms with Crippen LogP contribution in [0.2, 0.25) is 0 Å². The summed E-state index contributed by atoms with van der Waals surface area (Å²) in [5, 5.41) is 3.40. The zero-order valence-corrected chi connectivity index (χ0v) is 18.3. The molecule has 2 aliphatic rings. The van der Waals surface area contributed by atoms with E-state index in [2.05, 4.69) is 50.4 Å². The Morgan fingerprint density at radius 3 is 2.60 bits per heavy atom. The SMILES string of the molecule is CN=C(NCCS(=O)c1ccccc1)N1CC2OCCN(Cc3ccccc3)C2C1. The maximum Gasteiger partial charge on any atom is 0.193 e. The maximum atomic E-state index is 12.4. The number of nitrogens with one attached hydrogen (secondary N) is 1. The molecule has 0 bridgehead atoms. The highest BCUT2D eigenvalue weighted by Crippen LogP contribution is 2.24. The monoisotopic (exact) mass is 426 g/mol. The first-order valence-corrected chi connectivity index (χ1v) is 11.8. The van der Waals surface area contributed by atoms with Crippen molar-refractivity contribution in [3.05, 3.63) is 66.2 Å². The number of nitrogens with zero attached hydrogens (tertiary/aromatic N) is 3. The van der Waals surface area contributed by atoms with E-state index in [1.54, 1.807) is 7.05 Å². The van der Waals surface area contributed by atoms with E-state index >= 15 is 0 Å². The first kappa shape index (κ1) is 21.0. The van der Waals surface area contributed by atoms with Crippen molar-refractivity contribution in [2.75, 3.05) is 45.6 Å². The average molecular weight is 427 g/mol. The van der Waals surface area contributed by atoms with Crippen molar-refractivity contribution >= 4 is 16.8 Å². The molecule has 3 unspecified atom stereocenters. The molecule has 3 atom stereocenters. The Labute approximate surface area is 181 Å². The van der Waals surface area contributed by atoms with Crippen molar-refractivity contribution in [2.45, 2.75) is 23.6 Å². The number of ether oxygens (including phenoxy) is 1. The number of morpholine rings is 1. The second kappa shape index (κ2) is 10.2. The molecule has 0 spiro atoms.